The zero-order valence-corrected chi connectivity index (χ0v) is 11.6. The second-order valence-corrected chi connectivity index (χ2v) is 4.86. The number of aliphatic hydroxyl groups excluding tert-OH is 1. The second-order valence-electron chi connectivity index (χ2n) is 4.86. The van der Waals surface area contributed by atoms with Gasteiger partial charge in [-0.25, -0.2) is 8.78 Å². The molecule has 1 atom stereocenters. The lowest BCUT2D eigenvalue weighted by Gasteiger charge is -2.12. The van der Waals surface area contributed by atoms with Gasteiger partial charge in [0.1, 0.15) is 11.6 Å². The largest absolute Gasteiger partial charge is 0.391 e. The molecule has 0 heterocycles. The van der Waals surface area contributed by atoms with E-state index in [4.69, 9.17) is 0 Å². The van der Waals surface area contributed by atoms with Gasteiger partial charge in [0.05, 0.1) is 6.10 Å². The summed E-state index contributed by atoms with van der Waals surface area (Å²) in [7, 11) is 0. The Bertz CT molecular complexity index is 560. The zero-order chi connectivity index (χ0) is 15.1. The van der Waals surface area contributed by atoms with Crippen LogP contribution in [0, 0.1) is 18.1 Å². The Morgan fingerprint density at radius 2 is 1.86 bits per heavy atom. The van der Waals surface area contributed by atoms with Crippen molar-refractivity contribution < 1.29 is 13.9 Å². The van der Waals surface area contributed by atoms with Gasteiger partial charge in [0.2, 0.25) is 0 Å². The average molecular weight is 290 g/mol. The molecule has 0 aliphatic carbocycles. The fraction of sp³-hybridized carbons (Fsp3) is 0.235. The van der Waals surface area contributed by atoms with Crippen molar-refractivity contribution in [3.05, 3.63) is 77.7 Å². The Morgan fingerprint density at radius 3 is 2.62 bits per heavy atom. The quantitative estimate of drug-likeness (QED) is 0.822. The number of rotatable bonds is 7. The Morgan fingerprint density at radius 1 is 1.10 bits per heavy atom. The molecule has 0 amide bonds. The molecule has 0 fully saturated rings. The number of halogens is 2. The third-order valence-corrected chi connectivity index (χ3v) is 3.15. The first kappa shape index (κ1) is 15.6. The Hall–Kier alpha value is -1.78. The van der Waals surface area contributed by atoms with Gasteiger partial charge >= 0.3 is 0 Å². The molecule has 2 aromatic carbocycles. The minimum Gasteiger partial charge on any atom is -0.391 e. The van der Waals surface area contributed by atoms with Crippen LogP contribution in [0.4, 0.5) is 8.78 Å². The summed E-state index contributed by atoms with van der Waals surface area (Å²) >= 11 is 0. The second kappa shape index (κ2) is 7.86. The van der Waals surface area contributed by atoms with Crippen molar-refractivity contribution in [1.29, 1.82) is 0 Å². The smallest absolute Gasteiger partial charge is 0.127 e. The third-order valence-electron chi connectivity index (χ3n) is 3.15. The first-order chi connectivity index (χ1) is 10.1. The van der Waals surface area contributed by atoms with E-state index in [1.165, 1.54) is 0 Å². The molecule has 0 bridgehead atoms. The minimum absolute atomic E-state index is 0.180. The van der Waals surface area contributed by atoms with Crippen molar-refractivity contribution in [1.82, 2.24) is 5.32 Å². The maximum Gasteiger partial charge on any atom is 0.127 e. The first-order valence-corrected chi connectivity index (χ1v) is 6.85. The molecule has 0 aliphatic rings. The van der Waals surface area contributed by atoms with Crippen LogP contribution >= 0.6 is 0 Å². The van der Waals surface area contributed by atoms with Crippen molar-refractivity contribution in [2.45, 2.75) is 19.1 Å². The summed E-state index contributed by atoms with van der Waals surface area (Å²) in [6, 6.07) is 13.1. The molecule has 0 saturated carbocycles. The van der Waals surface area contributed by atoms with Crippen molar-refractivity contribution in [2.24, 2.45) is 0 Å². The molecule has 2 N–H and O–H groups in total. The van der Waals surface area contributed by atoms with Crippen LogP contribution in [0.2, 0.25) is 0 Å². The van der Waals surface area contributed by atoms with Gasteiger partial charge in [0.25, 0.3) is 0 Å². The van der Waals surface area contributed by atoms with E-state index in [2.05, 4.69) is 5.32 Å². The molecular weight excluding hydrogens is 272 g/mol. The third kappa shape index (κ3) is 5.25. The van der Waals surface area contributed by atoms with E-state index in [1.54, 1.807) is 6.42 Å². The molecule has 21 heavy (non-hydrogen) atoms. The molecular formula is C17H18F2NO. The molecule has 111 valence electrons. The lowest BCUT2D eigenvalue weighted by molar-refractivity contribution is 0.200. The van der Waals surface area contributed by atoms with Gasteiger partial charge in [-0.15, -0.1) is 0 Å². The Labute approximate surface area is 123 Å². The maximum atomic E-state index is 13.4. The molecule has 2 rings (SSSR count). The van der Waals surface area contributed by atoms with Crippen molar-refractivity contribution in [2.75, 3.05) is 6.54 Å². The number of hydrogen-bond acceptors (Lipinski definition) is 2. The van der Waals surface area contributed by atoms with E-state index < -0.39 is 17.7 Å². The molecule has 2 aromatic rings. The normalized spacial score (nSPS) is 12.3. The highest BCUT2D eigenvalue weighted by Gasteiger charge is 2.07. The lowest BCUT2D eigenvalue weighted by Crippen LogP contribution is -2.27. The van der Waals surface area contributed by atoms with Gasteiger partial charge in [0.15, 0.2) is 0 Å². The van der Waals surface area contributed by atoms with Gasteiger partial charge in [-0.2, -0.15) is 0 Å². The minimum atomic E-state index is -0.637. The zero-order valence-electron chi connectivity index (χ0n) is 11.6. The number of aliphatic hydroxyl groups is 1. The van der Waals surface area contributed by atoms with E-state index in [0.29, 0.717) is 13.0 Å². The van der Waals surface area contributed by atoms with Gasteiger partial charge in [0, 0.05) is 18.7 Å². The predicted octanol–water partition coefficient (Wildman–Crippen LogP) is 2.86. The van der Waals surface area contributed by atoms with Crippen LogP contribution in [0.25, 0.3) is 0 Å². The van der Waals surface area contributed by atoms with E-state index in [1.807, 2.05) is 30.3 Å². The summed E-state index contributed by atoms with van der Waals surface area (Å²) in [5, 5.41) is 12.7. The number of nitrogens with one attached hydrogen (secondary N) is 1. The summed E-state index contributed by atoms with van der Waals surface area (Å²) in [6.07, 6.45) is 1.81. The standard InChI is InChI=1S/C17H18F2NO/c18-15-7-9-17(19)14(10-15)11-20-12-16(21)8-6-13-4-2-1-3-5-13/h1-5,7-10,16,20-21H,6,11-12H2/t16-/m1/s1. The van der Waals surface area contributed by atoms with Crippen molar-refractivity contribution >= 4 is 0 Å². The molecule has 0 saturated heterocycles. The van der Waals surface area contributed by atoms with Crippen LogP contribution in [0.5, 0.6) is 0 Å². The number of hydrogen-bond donors (Lipinski definition) is 2. The van der Waals surface area contributed by atoms with Gasteiger partial charge in [-0.3, -0.25) is 0 Å². The highest BCUT2D eigenvalue weighted by molar-refractivity contribution is 5.19. The fourth-order valence-electron chi connectivity index (χ4n) is 2.00. The van der Waals surface area contributed by atoms with E-state index in [0.717, 1.165) is 23.8 Å². The lowest BCUT2D eigenvalue weighted by atomic mass is 10.1. The Kier molecular flexibility index (Phi) is 5.84. The van der Waals surface area contributed by atoms with E-state index >= 15 is 0 Å². The number of benzene rings is 2. The van der Waals surface area contributed by atoms with Crippen LogP contribution < -0.4 is 5.32 Å². The monoisotopic (exact) mass is 290 g/mol. The molecule has 1 radical (unpaired) electrons. The summed E-state index contributed by atoms with van der Waals surface area (Å²) in [4.78, 5) is 0. The molecule has 0 spiro atoms. The van der Waals surface area contributed by atoms with Crippen LogP contribution in [-0.2, 0) is 13.0 Å². The van der Waals surface area contributed by atoms with Crippen molar-refractivity contribution in [3.63, 3.8) is 0 Å². The van der Waals surface area contributed by atoms with Crippen LogP contribution in [0.3, 0.4) is 0 Å². The van der Waals surface area contributed by atoms with Crippen LogP contribution in [0.1, 0.15) is 11.1 Å². The van der Waals surface area contributed by atoms with Gasteiger partial charge < -0.3 is 10.4 Å². The topological polar surface area (TPSA) is 32.3 Å². The summed E-state index contributed by atoms with van der Waals surface area (Å²) in [5.74, 6) is -0.920. The fourth-order valence-corrected chi connectivity index (χ4v) is 2.00. The summed E-state index contributed by atoms with van der Waals surface area (Å²) in [6.45, 7) is 0.475. The SMILES string of the molecule is O[C@H]([CH]Cc1ccccc1)CNCc1cc(F)ccc1F. The molecule has 0 aromatic heterocycles. The van der Waals surface area contributed by atoms with Crippen LogP contribution in [-0.4, -0.2) is 17.8 Å². The predicted molar refractivity (Wildman–Crippen MR) is 78.5 cm³/mol. The van der Waals surface area contributed by atoms with Crippen LogP contribution in [0.15, 0.2) is 48.5 Å². The summed E-state index contributed by atoms with van der Waals surface area (Å²) < 4.78 is 26.4. The van der Waals surface area contributed by atoms with E-state index in [-0.39, 0.29) is 12.1 Å². The summed E-state index contributed by atoms with van der Waals surface area (Å²) in [5.41, 5.74) is 1.37. The first-order valence-electron chi connectivity index (χ1n) is 6.85. The molecule has 0 unspecified atom stereocenters. The van der Waals surface area contributed by atoms with Gasteiger partial charge in [-0.1, -0.05) is 30.3 Å². The Balaban J connectivity index is 1.72. The van der Waals surface area contributed by atoms with Crippen molar-refractivity contribution in [3.8, 4) is 0 Å². The van der Waals surface area contributed by atoms with E-state index in [9.17, 15) is 13.9 Å². The highest BCUT2D eigenvalue weighted by Crippen LogP contribution is 2.09. The maximum absolute atomic E-state index is 13.4. The van der Waals surface area contributed by atoms with Gasteiger partial charge in [-0.05, 0) is 36.6 Å². The molecule has 0 aliphatic heterocycles. The highest BCUT2D eigenvalue weighted by atomic mass is 19.1. The molecule has 4 heteroatoms. The average Bonchev–Trinajstić information content (AvgIpc) is 2.50. The molecule has 2 nitrogen and oxygen atoms in total.